The summed E-state index contributed by atoms with van der Waals surface area (Å²) < 4.78 is 5.03. The van der Waals surface area contributed by atoms with Crippen LogP contribution in [0.2, 0.25) is 0 Å². The molecule has 0 saturated heterocycles. The highest BCUT2D eigenvalue weighted by Gasteiger charge is 2.21. The van der Waals surface area contributed by atoms with Crippen molar-refractivity contribution in [3.8, 4) is 0 Å². The normalized spacial score (nSPS) is 12.5. The van der Waals surface area contributed by atoms with Crippen molar-refractivity contribution in [2.75, 3.05) is 5.32 Å². The number of thioether (sulfide) groups is 1. The van der Waals surface area contributed by atoms with E-state index in [1.807, 2.05) is 13.8 Å². The average molecular weight is 362 g/mol. The molecule has 0 spiro atoms. The minimum atomic E-state index is -0.326. The first-order valence-electron chi connectivity index (χ1n) is 7.50. The lowest BCUT2D eigenvalue weighted by Crippen LogP contribution is -2.22. The minimum absolute atomic E-state index is 0.148. The zero-order valence-corrected chi connectivity index (χ0v) is 15.8. The highest BCUT2D eigenvalue weighted by atomic mass is 32.2. The molecule has 3 aromatic rings. The molecule has 0 aliphatic carbocycles. The summed E-state index contributed by atoms with van der Waals surface area (Å²) in [6, 6.07) is 1.69. The highest BCUT2D eigenvalue weighted by Crippen LogP contribution is 2.36. The van der Waals surface area contributed by atoms with Gasteiger partial charge in [-0.2, -0.15) is 0 Å². The van der Waals surface area contributed by atoms with E-state index in [4.69, 9.17) is 4.52 Å². The average Bonchev–Trinajstić information content (AvgIpc) is 3.02. The molecule has 126 valence electrons. The molecule has 0 bridgehead atoms. The monoisotopic (exact) mass is 362 g/mol. The van der Waals surface area contributed by atoms with Crippen LogP contribution in [0.15, 0.2) is 15.6 Å². The van der Waals surface area contributed by atoms with E-state index in [0.717, 1.165) is 20.9 Å². The number of thiophene rings is 1. The van der Waals surface area contributed by atoms with Gasteiger partial charge in [0.15, 0.2) is 0 Å². The van der Waals surface area contributed by atoms with Crippen LogP contribution in [0.4, 0.5) is 5.88 Å². The fourth-order valence-corrected chi connectivity index (χ4v) is 4.46. The SMILES string of the molecule is Cc1cc(NC(=O)C(C)Sc2nc(C)nc3sc(C)c(C)c23)on1. The molecular formula is C16H18N4O2S2. The Balaban J connectivity index is 1.84. The third-order valence-corrected chi connectivity index (χ3v) is 5.83. The van der Waals surface area contributed by atoms with E-state index in [-0.39, 0.29) is 11.2 Å². The van der Waals surface area contributed by atoms with E-state index in [2.05, 4.69) is 34.3 Å². The summed E-state index contributed by atoms with van der Waals surface area (Å²) in [4.78, 5) is 23.6. The number of carbonyl (C=O) groups excluding carboxylic acids is 1. The Hall–Kier alpha value is -1.93. The van der Waals surface area contributed by atoms with Crippen molar-refractivity contribution in [3.63, 3.8) is 0 Å². The standard InChI is InChI=1S/C16H18N4O2S2/c1-7-6-12(22-20-7)19-14(21)10(4)24-16-13-8(2)9(3)23-15(13)17-11(5)18-16/h6,10H,1-5H3,(H,19,21). The van der Waals surface area contributed by atoms with Crippen LogP contribution in [0, 0.1) is 27.7 Å². The van der Waals surface area contributed by atoms with E-state index in [9.17, 15) is 4.79 Å². The first-order chi connectivity index (χ1) is 11.3. The number of aryl methyl sites for hydroxylation is 4. The quantitative estimate of drug-likeness (QED) is 0.557. The number of aromatic nitrogens is 3. The lowest BCUT2D eigenvalue weighted by molar-refractivity contribution is -0.115. The molecule has 1 atom stereocenters. The second-order valence-electron chi connectivity index (χ2n) is 5.62. The fraction of sp³-hybridized carbons (Fsp3) is 0.375. The summed E-state index contributed by atoms with van der Waals surface area (Å²) in [7, 11) is 0. The predicted molar refractivity (Wildman–Crippen MR) is 96.8 cm³/mol. The molecule has 1 unspecified atom stereocenters. The van der Waals surface area contributed by atoms with E-state index in [0.29, 0.717) is 11.7 Å². The fourth-order valence-electron chi connectivity index (χ4n) is 2.27. The molecule has 0 radical (unpaired) electrons. The van der Waals surface area contributed by atoms with Gasteiger partial charge in [0.25, 0.3) is 0 Å². The van der Waals surface area contributed by atoms with Crippen LogP contribution in [-0.4, -0.2) is 26.3 Å². The van der Waals surface area contributed by atoms with Gasteiger partial charge < -0.3 is 4.52 Å². The maximum Gasteiger partial charge on any atom is 0.240 e. The van der Waals surface area contributed by atoms with Crippen molar-refractivity contribution in [2.24, 2.45) is 0 Å². The van der Waals surface area contributed by atoms with Gasteiger partial charge in [-0.15, -0.1) is 11.3 Å². The second-order valence-corrected chi connectivity index (χ2v) is 8.15. The van der Waals surface area contributed by atoms with Crippen LogP contribution >= 0.6 is 23.1 Å². The van der Waals surface area contributed by atoms with Gasteiger partial charge in [-0.25, -0.2) is 9.97 Å². The lowest BCUT2D eigenvalue weighted by atomic mass is 10.2. The number of amides is 1. The van der Waals surface area contributed by atoms with Gasteiger partial charge in [-0.1, -0.05) is 16.9 Å². The van der Waals surface area contributed by atoms with Gasteiger partial charge in [0, 0.05) is 16.3 Å². The number of rotatable bonds is 4. The van der Waals surface area contributed by atoms with Gasteiger partial charge in [-0.05, 0) is 40.2 Å². The molecular weight excluding hydrogens is 344 g/mol. The van der Waals surface area contributed by atoms with Crippen molar-refractivity contribution < 1.29 is 9.32 Å². The van der Waals surface area contributed by atoms with Crippen LogP contribution in [0.3, 0.4) is 0 Å². The minimum Gasteiger partial charge on any atom is -0.338 e. The summed E-state index contributed by atoms with van der Waals surface area (Å²) in [6.07, 6.45) is 0. The summed E-state index contributed by atoms with van der Waals surface area (Å²) in [5.41, 5.74) is 1.90. The number of fused-ring (bicyclic) bond motifs is 1. The van der Waals surface area contributed by atoms with Crippen molar-refractivity contribution in [2.45, 2.75) is 44.9 Å². The van der Waals surface area contributed by atoms with E-state index in [1.165, 1.54) is 22.2 Å². The Morgan fingerprint density at radius 2 is 2.04 bits per heavy atom. The van der Waals surface area contributed by atoms with Crippen LogP contribution < -0.4 is 5.32 Å². The molecule has 0 aliphatic heterocycles. The van der Waals surface area contributed by atoms with Gasteiger partial charge >= 0.3 is 0 Å². The van der Waals surface area contributed by atoms with Crippen molar-refractivity contribution >= 4 is 45.1 Å². The van der Waals surface area contributed by atoms with Gasteiger partial charge in [-0.3, -0.25) is 10.1 Å². The molecule has 24 heavy (non-hydrogen) atoms. The Bertz CT molecular complexity index is 916. The molecule has 0 fully saturated rings. The largest absolute Gasteiger partial charge is 0.338 e. The maximum atomic E-state index is 12.4. The number of carbonyl (C=O) groups is 1. The van der Waals surface area contributed by atoms with Crippen LogP contribution in [0.5, 0.6) is 0 Å². The van der Waals surface area contributed by atoms with E-state index >= 15 is 0 Å². The number of anilines is 1. The Morgan fingerprint density at radius 1 is 1.29 bits per heavy atom. The predicted octanol–water partition coefficient (Wildman–Crippen LogP) is 4.03. The van der Waals surface area contributed by atoms with E-state index in [1.54, 1.807) is 24.3 Å². The summed E-state index contributed by atoms with van der Waals surface area (Å²) >= 11 is 3.09. The highest BCUT2D eigenvalue weighted by molar-refractivity contribution is 8.00. The first kappa shape index (κ1) is 16.9. The molecule has 3 rings (SSSR count). The molecule has 8 heteroatoms. The lowest BCUT2D eigenvalue weighted by Gasteiger charge is -2.11. The third kappa shape index (κ3) is 3.29. The number of nitrogens with zero attached hydrogens (tertiary/aromatic N) is 3. The Morgan fingerprint density at radius 3 is 2.71 bits per heavy atom. The van der Waals surface area contributed by atoms with Crippen LogP contribution in [0.25, 0.3) is 10.2 Å². The van der Waals surface area contributed by atoms with Gasteiger partial charge in [0.1, 0.15) is 15.7 Å². The molecule has 1 N–H and O–H groups in total. The van der Waals surface area contributed by atoms with Gasteiger partial charge in [0.2, 0.25) is 11.8 Å². The topological polar surface area (TPSA) is 80.9 Å². The Labute approximate surface area is 148 Å². The van der Waals surface area contributed by atoms with Crippen LogP contribution in [-0.2, 0) is 4.79 Å². The van der Waals surface area contributed by atoms with Crippen LogP contribution in [0.1, 0.15) is 28.9 Å². The third-order valence-electron chi connectivity index (χ3n) is 3.64. The summed E-state index contributed by atoms with van der Waals surface area (Å²) in [5.74, 6) is 0.923. The number of hydrogen-bond donors (Lipinski definition) is 1. The van der Waals surface area contributed by atoms with Crippen molar-refractivity contribution in [1.82, 2.24) is 15.1 Å². The summed E-state index contributed by atoms with van der Waals surface area (Å²) in [6.45, 7) is 9.67. The molecule has 0 aliphatic rings. The summed E-state index contributed by atoms with van der Waals surface area (Å²) in [5, 5.41) is 8.06. The smallest absolute Gasteiger partial charge is 0.240 e. The first-order valence-corrected chi connectivity index (χ1v) is 9.20. The zero-order chi connectivity index (χ0) is 17.4. The van der Waals surface area contributed by atoms with Gasteiger partial charge in [0.05, 0.1) is 10.9 Å². The van der Waals surface area contributed by atoms with Crippen molar-refractivity contribution in [1.29, 1.82) is 0 Å². The number of nitrogens with one attached hydrogen (secondary N) is 1. The number of hydrogen-bond acceptors (Lipinski definition) is 7. The molecule has 3 aromatic heterocycles. The maximum absolute atomic E-state index is 12.4. The van der Waals surface area contributed by atoms with Crippen molar-refractivity contribution in [3.05, 3.63) is 28.0 Å². The molecule has 0 aromatic carbocycles. The molecule has 6 nitrogen and oxygen atoms in total. The Kier molecular flexibility index (Phi) is 4.60. The molecule has 1 amide bonds. The van der Waals surface area contributed by atoms with E-state index < -0.39 is 0 Å². The zero-order valence-electron chi connectivity index (χ0n) is 14.1. The molecule has 3 heterocycles. The second kappa shape index (κ2) is 6.52. The molecule has 0 saturated carbocycles.